The van der Waals surface area contributed by atoms with Crippen LogP contribution in [0.4, 0.5) is 0 Å². The molecule has 0 bridgehead atoms. The SMILES string of the molecule is CCOC(=O)c1[nH]c(C)c(C(=O)OCC2CC2(Cl)Cl)c1C. The van der Waals surface area contributed by atoms with Gasteiger partial charge in [0.1, 0.15) is 10.0 Å². The normalized spacial score (nSPS) is 19.2. The summed E-state index contributed by atoms with van der Waals surface area (Å²) in [7, 11) is 0. The standard InChI is InChI=1S/C14H17Cl2NO4/c1-4-20-13(19)11-7(2)10(8(3)17-11)12(18)21-6-9-5-14(9,15)16/h9,17H,4-6H2,1-3H3. The van der Waals surface area contributed by atoms with Crippen molar-refractivity contribution in [3.8, 4) is 0 Å². The fraction of sp³-hybridized carbons (Fsp3) is 0.571. The molecule has 0 aliphatic heterocycles. The van der Waals surface area contributed by atoms with Gasteiger partial charge in [-0.25, -0.2) is 9.59 Å². The third kappa shape index (κ3) is 3.35. The molecular formula is C14H17Cl2NO4. The van der Waals surface area contributed by atoms with Crippen molar-refractivity contribution in [2.24, 2.45) is 5.92 Å². The van der Waals surface area contributed by atoms with Gasteiger partial charge in [0.05, 0.1) is 18.8 Å². The molecule has 1 aromatic rings. The molecule has 1 saturated carbocycles. The van der Waals surface area contributed by atoms with Crippen LogP contribution in [0, 0.1) is 19.8 Å². The monoisotopic (exact) mass is 333 g/mol. The molecule has 1 fully saturated rings. The maximum absolute atomic E-state index is 12.1. The van der Waals surface area contributed by atoms with Crippen LogP contribution in [0.5, 0.6) is 0 Å². The van der Waals surface area contributed by atoms with Gasteiger partial charge in [0, 0.05) is 11.6 Å². The van der Waals surface area contributed by atoms with E-state index < -0.39 is 16.3 Å². The molecule has 0 spiro atoms. The lowest BCUT2D eigenvalue weighted by Gasteiger charge is -2.05. The van der Waals surface area contributed by atoms with Crippen molar-refractivity contribution in [1.82, 2.24) is 4.98 Å². The number of hydrogen-bond donors (Lipinski definition) is 1. The number of halogens is 2. The van der Waals surface area contributed by atoms with E-state index >= 15 is 0 Å². The number of alkyl halides is 2. The Labute approximate surface area is 132 Å². The Morgan fingerprint density at radius 1 is 1.29 bits per heavy atom. The van der Waals surface area contributed by atoms with Crippen LogP contribution in [-0.2, 0) is 9.47 Å². The first-order valence-electron chi connectivity index (χ1n) is 6.69. The van der Waals surface area contributed by atoms with E-state index in [1.807, 2.05) is 0 Å². The highest BCUT2D eigenvalue weighted by molar-refractivity contribution is 6.50. The number of aromatic amines is 1. The molecule has 0 radical (unpaired) electrons. The Morgan fingerprint density at radius 2 is 1.90 bits per heavy atom. The Balaban J connectivity index is 2.08. The minimum absolute atomic E-state index is 0.0335. The topological polar surface area (TPSA) is 68.4 Å². The minimum Gasteiger partial charge on any atom is -0.462 e. The molecule has 1 aliphatic rings. The number of carbonyl (C=O) groups is 2. The summed E-state index contributed by atoms with van der Waals surface area (Å²) in [5.74, 6) is -1.01. The first-order valence-corrected chi connectivity index (χ1v) is 7.44. The predicted molar refractivity (Wildman–Crippen MR) is 79.0 cm³/mol. The van der Waals surface area contributed by atoms with E-state index in [1.54, 1.807) is 20.8 Å². The van der Waals surface area contributed by atoms with Crippen molar-refractivity contribution >= 4 is 35.1 Å². The summed E-state index contributed by atoms with van der Waals surface area (Å²) < 4.78 is 9.38. The van der Waals surface area contributed by atoms with Gasteiger partial charge in [-0.15, -0.1) is 23.2 Å². The summed E-state index contributed by atoms with van der Waals surface area (Å²) in [6.07, 6.45) is 0.614. The highest BCUT2D eigenvalue weighted by Crippen LogP contribution is 2.53. The lowest BCUT2D eigenvalue weighted by Crippen LogP contribution is -2.12. The number of aryl methyl sites for hydroxylation is 1. The highest BCUT2D eigenvalue weighted by atomic mass is 35.5. The number of carbonyl (C=O) groups excluding carboxylic acids is 2. The van der Waals surface area contributed by atoms with Gasteiger partial charge in [-0.3, -0.25) is 0 Å². The van der Waals surface area contributed by atoms with Crippen molar-refractivity contribution in [1.29, 1.82) is 0 Å². The van der Waals surface area contributed by atoms with Crippen LogP contribution in [0.15, 0.2) is 0 Å². The van der Waals surface area contributed by atoms with Gasteiger partial charge >= 0.3 is 11.9 Å². The summed E-state index contributed by atoms with van der Waals surface area (Å²) >= 11 is 11.8. The van der Waals surface area contributed by atoms with Gasteiger partial charge in [0.15, 0.2) is 0 Å². The zero-order valence-corrected chi connectivity index (χ0v) is 13.6. The van der Waals surface area contributed by atoms with E-state index in [2.05, 4.69) is 4.98 Å². The molecule has 1 N–H and O–H groups in total. The largest absolute Gasteiger partial charge is 0.462 e. The smallest absolute Gasteiger partial charge is 0.355 e. The van der Waals surface area contributed by atoms with E-state index in [9.17, 15) is 9.59 Å². The number of esters is 2. The molecule has 7 heteroatoms. The predicted octanol–water partition coefficient (Wildman–Crippen LogP) is 3.16. The molecule has 0 aromatic carbocycles. The van der Waals surface area contributed by atoms with Gasteiger partial charge < -0.3 is 14.5 Å². The van der Waals surface area contributed by atoms with E-state index in [0.717, 1.165) is 0 Å². The summed E-state index contributed by atoms with van der Waals surface area (Å²) in [6.45, 7) is 5.54. The molecule has 0 amide bonds. The molecule has 2 rings (SSSR count). The van der Waals surface area contributed by atoms with E-state index in [-0.39, 0.29) is 24.8 Å². The molecule has 1 atom stereocenters. The van der Waals surface area contributed by atoms with Crippen LogP contribution in [0.2, 0.25) is 0 Å². The molecular weight excluding hydrogens is 317 g/mol. The number of nitrogens with one attached hydrogen (secondary N) is 1. The van der Waals surface area contributed by atoms with Gasteiger partial charge in [-0.05, 0) is 32.8 Å². The van der Waals surface area contributed by atoms with E-state index in [0.29, 0.717) is 23.2 Å². The fourth-order valence-corrected chi connectivity index (χ4v) is 2.66. The third-order valence-electron chi connectivity index (χ3n) is 3.49. The average Bonchev–Trinajstić information content (AvgIpc) is 2.89. The Hall–Kier alpha value is -1.20. The second-order valence-electron chi connectivity index (χ2n) is 5.11. The van der Waals surface area contributed by atoms with Gasteiger partial charge in [0.2, 0.25) is 0 Å². The number of hydrogen-bond acceptors (Lipinski definition) is 4. The van der Waals surface area contributed by atoms with Gasteiger partial charge in [-0.2, -0.15) is 0 Å². The molecule has 116 valence electrons. The van der Waals surface area contributed by atoms with Crippen molar-refractivity contribution in [3.05, 3.63) is 22.5 Å². The molecule has 1 heterocycles. The Bertz CT molecular complexity index is 580. The molecule has 1 aromatic heterocycles. The highest BCUT2D eigenvalue weighted by Gasteiger charge is 2.52. The fourth-order valence-electron chi connectivity index (χ4n) is 2.16. The van der Waals surface area contributed by atoms with Gasteiger partial charge in [0.25, 0.3) is 0 Å². The Kier molecular flexibility index (Phi) is 4.54. The summed E-state index contributed by atoms with van der Waals surface area (Å²) in [5, 5.41) is 0. The lowest BCUT2D eigenvalue weighted by atomic mass is 10.1. The maximum Gasteiger partial charge on any atom is 0.355 e. The maximum atomic E-state index is 12.1. The average molecular weight is 334 g/mol. The number of ether oxygens (including phenoxy) is 2. The summed E-state index contributed by atoms with van der Waals surface area (Å²) in [5.41, 5.74) is 1.72. The van der Waals surface area contributed by atoms with Crippen LogP contribution >= 0.6 is 23.2 Å². The van der Waals surface area contributed by atoms with Crippen molar-refractivity contribution in [2.75, 3.05) is 13.2 Å². The van der Waals surface area contributed by atoms with Crippen molar-refractivity contribution < 1.29 is 19.1 Å². The van der Waals surface area contributed by atoms with Crippen LogP contribution in [0.25, 0.3) is 0 Å². The lowest BCUT2D eigenvalue weighted by molar-refractivity contribution is 0.0483. The molecule has 1 aliphatic carbocycles. The van der Waals surface area contributed by atoms with Crippen LogP contribution in [-0.4, -0.2) is 34.5 Å². The summed E-state index contributed by atoms with van der Waals surface area (Å²) in [6, 6.07) is 0. The first kappa shape index (κ1) is 16.2. The third-order valence-corrected chi connectivity index (χ3v) is 4.42. The molecule has 5 nitrogen and oxygen atoms in total. The minimum atomic E-state index is -0.779. The van der Waals surface area contributed by atoms with Crippen LogP contribution in [0.1, 0.15) is 45.4 Å². The first-order chi connectivity index (χ1) is 9.77. The number of H-pyrrole nitrogens is 1. The number of aromatic nitrogens is 1. The quantitative estimate of drug-likeness (QED) is 0.663. The zero-order chi connectivity index (χ0) is 15.8. The molecule has 21 heavy (non-hydrogen) atoms. The van der Waals surface area contributed by atoms with E-state index in [1.165, 1.54) is 0 Å². The van der Waals surface area contributed by atoms with E-state index in [4.69, 9.17) is 32.7 Å². The van der Waals surface area contributed by atoms with Crippen molar-refractivity contribution in [3.63, 3.8) is 0 Å². The molecule has 1 unspecified atom stereocenters. The Morgan fingerprint density at radius 3 is 2.43 bits per heavy atom. The van der Waals surface area contributed by atoms with Gasteiger partial charge in [-0.1, -0.05) is 0 Å². The van der Waals surface area contributed by atoms with Crippen molar-refractivity contribution in [2.45, 2.75) is 31.5 Å². The zero-order valence-electron chi connectivity index (χ0n) is 12.1. The summed E-state index contributed by atoms with van der Waals surface area (Å²) in [4.78, 5) is 26.8. The molecule has 0 saturated heterocycles. The van der Waals surface area contributed by atoms with Crippen LogP contribution < -0.4 is 0 Å². The second-order valence-corrected chi connectivity index (χ2v) is 6.65. The van der Waals surface area contributed by atoms with Crippen LogP contribution in [0.3, 0.4) is 0 Å². The number of rotatable bonds is 5. The second kappa shape index (κ2) is 5.89.